The van der Waals surface area contributed by atoms with Gasteiger partial charge in [-0.1, -0.05) is 44.2 Å². The maximum Gasteiger partial charge on any atom is 0.325 e. The molecule has 3 atom stereocenters. The van der Waals surface area contributed by atoms with Crippen LogP contribution in [0.4, 0.5) is 0 Å². The second-order valence-corrected chi connectivity index (χ2v) is 9.29. The van der Waals surface area contributed by atoms with Crippen LogP contribution in [0.5, 0.6) is 0 Å². The van der Waals surface area contributed by atoms with Crippen molar-refractivity contribution in [2.24, 2.45) is 11.7 Å². The Labute approximate surface area is 211 Å². The first kappa shape index (κ1) is 28.8. The second-order valence-electron chi connectivity index (χ2n) is 9.29. The van der Waals surface area contributed by atoms with Crippen LogP contribution in [0.1, 0.15) is 45.6 Å². The van der Waals surface area contributed by atoms with Crippen LogP contribution in [0.25, 0.3) is 0 Å². The van der Waals surface area contributed by atoms with Crippen LogP contribution >= 0.6 is 0 Å². The molecule has 4 amide bonds. The lowest BCUT2D eigenvalue weighted by Crippen LogP contribution is -2.56. The summed E-state index contributed by atoms with van der Waals surface area (Å²) in [7, 11) is 0. The number of carbonyl (C=O) groups excluding carboxylic acids is 5. The van der Waals surface area contributed by atoms with Crippen LogP contribution in [-0.4, -0.2) is 66.9 Å². The summed E-state index contributed by atoms with van der Waals surface area (Å²) >= 11 is 0. The number of hydrogen-bond acceptors (Lipinski definition) is 7. The third kappa shape index (κ3) is 9.65. The number of hydrogen-bond donors (Lipinski definition) is 5. The number of ether oxygens (including phenoxy) is 1. The van der Waals surface area contributed by atoms with Gasteiger partial charge in [-0.25, -0.2) is 0 Å². The summed E-state index contributed by atoms with van der Waals surface area (Å²) in [6, 6.07) is 6.34. The van der Waals surface area contributed by atoms with Crippen molar-refractivity contribution in [3.63, 3.8) is 0 Å². The molecular formula is C25H37N5O6. The standard InChI is InChI=1S/C25H37N5O6/c1-15(2)22(26)25(35)29-16(3)23(33)30-19(12-17-8-5-4-6-9-17)24(34)28-13-20(31)27-14-21(32)36-18-10-7-11-18/h4-6,8-9,15-16,18-19,22H,7,10-14,26H2,1-3H3,(H,27,31)(H,28,34)(H,29,35)(H,30,33)/t16-,19-,22-/m0/s1. The highest BCUT2D eigenvalue weighted by atomic mass is 16.5. The van der Waals surface area contributed by atoms with Crippen LogP contribution in [0.3, 0.4) is 0 Å². The van der Waals surface area contributed by atoms with Gasteiger partial charge in [0.1, 0.15) is 24.7 Å². The maximum absolute atomic E-state index is 12.9. The predicted octanol–water partition coefficient (Wildman–Crippen LogP) is -0.470. The van der Waals surface area contributed by atoms with Gasteiger partial charge in [-0.2, -0.15) is 0 Å². The summed E-state index contributed by atoms with van der Waals surface area (Å²) in [5.41, 5.74) is 6.62. The molecule has 0 aliphatic heterocycles. The Kier molecular flexibility index (Phi) is 11.3. The molecule has 0 bridgehead atoms. The second kappa shape index (κ2) is 14.2. The summed E-state index contributed by atoms with van der Waals surface area (Å²) in [6.45, 7) is 4.41. The van der Waals surface area contributed by atoms with Gasteiger partial charge in [-0.05, 0) is 37.7 Å². The van der Waals surface area contributed by atoms with Crippen LogP contribution in [0.15, 0.2) is 30.3 Å². The molecule has 1 aromatic rings. The summed E-state index contributed by atoms with van der Waals surface area (Å²) in [4.78, 5) is 61.6. The van der Waals surface area contributed by atoms with E-state index >= 15 is 0 Å². The molecular weight excluding hydrogens is 466 g/mol. The molecule has 11 heteroatoms. The van der Waals surface area contributed by atoms with Crippen molar-refractivity contribution in [1.29, 1.82) is 0 Å². The highest BCUT2D eigenvalue weighted by molar-refractivity contribution is 5.94. The van der Waals surface area contributed by atoms with E-state index in [0.29, 0.717) is 0 Å². The highest BCUT2D eigenvalue weighted by Gasteiger charge is 2.27. The number of benzene rings is 1. The Bertz CT molecular complexity index is 919. The fraction of sp³-hybridized carbons (Fsp3) is 0.560. The van der Waals surface area contributed by atoms with Gasteiger partial charge in [0.2, 0.25) is 23.6 Å². The number of carbonyl (C=O) groups is 5. The lowest BCUT2D eigenvalue weighted by atomic mass is 9.96. The van der Waals surface area contributed by atoms with Gasteiger partial charge in [0.05, 0.1) is 12.6 Å². The maximum atomic E-state index is 12.9. The van der Waals surface area contributed by atoms with E-state index in [1.165, 1.54) is 6.92 Å². The van der Waals surface area contributed by atoms with Crippen molar-refractivity contribution >= 4 is 29.6 Å². The molecule has 6 N–H and O–H groups in total. The van der Waals surface area contributed by atoms with Gasteiger partial charge in [0.25, 0.3) is 0 Å². The molecule has 0 unspecified atom stereocenters. The van der Waals surface area contributed by atoms with Crippen LogP contribution < -0.4 is 27.0 Å². The molecule has 0 radical (unpaired) electrons. The third-order valence-corrected chi connectivity index (χ3v) is 5.89. The quantitative estimate of drug-likeness (QED) is 0.227. The van der Waals surface area contributed by atoms with E-state index in [-0.39, 0.29) is 31.5 Å². The Balaban J connectivity index is 1.90. The van der Waals surface area contributed by atoms with Crippen molar-refractivity contribution < 1.29 is 28.7 Å². The topological polar surface area (TPSA) is 169 Å². The van der Waals surface area contributed by atoms with Gasteiger partial charge in [-0.15, -0.1) is 0 Å². The number of nitrogens with two attached hydrogens (primary N) is 1. The minimum Gasteiger partial charge on any atom is -0.461 e. The zero-order valence-corrected chi connectivity index (χ0v) is 21.0. The van der Waals surface area contributed by atoms with Crippen molar-refractivity contribution in [2.45, 2.75) is 70.7 Å². The highest BCUT2D eigenvalue weighted by Crippen LogP contribution is 2.21. The number of rotatable bonds is 13. The summed E-state index contributed by atoms with van der Waals surface area (Å²) in [5, 5.41) is 10.1. The lowest BCUT2D eigenvalue weighted by Gasteiger charge is -2.25. The largest absolute Gasteiger partial charge is 0.461 e. The Morgan fingerprint density at radius 2 is 1.58 bits per heavy atom. The van der Waals surface area contributed by atoms with Gasteiger partial charge in [0, 0.05) is 6.42 Å². The minimum absolute atomic E-state index is 0.0789. The third-order valence-electron chi connectivity index (χ3n) is 5.89. The van der Waals surface area contributed by atoms with Gasteiger partial charge < -0.3 is 31.7 Å². The molecule has 1 aliphatic rings. The van der Waals surface area contributed by atoms with Gasteiger partial charge >= 0.3 is 5.97 Å². The molecule has 0 spiro atoms. The number of nitrogens with one attached hydrogen (secondary N) is 4. The van der Waals surface area contributed by atoms with E-state index in [4.69, 9.17) is 10.5 Å². The number of amides is 4. The molecule has 198 valence electrons. The lowest BCUT2D eigenvalue weighted by molar-refractivity contribution is -0.152. The summed E-state index contributed by atoms with van der Waals surface area (Å²) in [5.74, 6) is -2.83. The average molecular weight is 504 g/mol. The van der Waals surface area contributed by atoms with E-state index in [0.717, 1.165) is 24.8 Å². The molecule has 1 saturated carbocycles. The van der Waals surface area contributed by atoms with Gasteiger partial charge in [0.15, 0.2) is 0 Å². The Hall–Kier alpha value is -3.47. The van der Waals surface area contributed by atoms with Crippen LogP contribution in [-0.2, 0) is 35.1 Å². The first-order valence-corrected chi connectivity index (χ1v) is 12.2. The fourth-order valence-corrected chi connectivity index (χ4v) is 3.27. The first-order chi connectivity index (χ1) is 17.1. The molecule has 11 nitrogen and oxygen atoms in total. The van der Waals surface area contributed by atoms with Gasteiger partial charge in [-0.3, -0.25) is 24.0 Å². The van der Waals surface area contributed by atoms with Crippen molar-refractivity contribution in [2.75, 3.05) is 13.1 Å². The monoisotopic (exact) mass is 503 g/mol. The molecule has 1 aliphatic carbocycles. The Morgan fingerprint density at radius 1 is 0.917 bits per heavy atom. The predicted molar refractivity (Wildman–Crippen MR) is 132 cm³/mol. The Morgan fingerprint density at radius 3 is 2.17 bits per heavy atom. The number of esters is 1. The summed E-state index contributed by atoms with van der Waals surface area (Å²) < 4.78 is 5.16. The van der Waals surface area contributed by atoms with Crippen molar-refractivity contribution in [3.05, 3.63) is 35.9 Å². The van der Waals surface area contributed by atoms with Crippen LogP contribution in [0.2, 0.25) is 0 Å². The van der Waals surface area contributed by atoms with Crippen LogP contribution in [0, 0.1) is 5.92 Å². The summed E-state index contributed by atoms with van der Waals surface area (Å²) in [6.07, 6.45) is 2.77. The molecule has 0 aromatic heterocycles. The smallest absolute Gasteiger partial charge is 0.325 e. The molecule has 1 fully saturated rings. The fourth-order valence-electron chi connectivity index (χ4n) is 3.27. The first-order valence-electron chi connectivity index (χ1n) is 12.2. The van der Waals surface area contributed by atoms with E-state index in [1.54, 1.807) is 38.1 Å². The SMILES string of the molecule is CC(C)[C@H](N)C(=O)N[C@@H](C)C(=O)N[C@@H](Cc1ccccc1)C(=O)NCC(=O)NCC(=O)OC1CCC1. The van der Waals surface area contributed by atoms with E-state index in [9.17, 15) is 24.0 Å². The molecule has 1 aromatic carbocycles. The minimum atomic E-state index is -1.01. The van der Waals surface area contributed by atoms with Crippen molar-refractivity contribution in [3.8, 4) is 0 Å². The zero-order chi connectivity index (χ0) is 26.7. The molecule has 36 heavy (non-hydrogen) atoms. The zero-order valence-electron chi connectivity index (χ0n) is 21.0. The average Bonchev–Trinajstić information content (AvgIpc) is 2.82. The normalized spacial score (nSPS) is 15.6. The van der Waals surface area contributed by atoms with E-state index in [1.807, 2.05) is 6.07 Å². The van der Waals surface area contributed by atoms with E-state index < -0.39 is 47.7 Å². The van der Waals surface area contributed by atoms with Crippen molar-refractivity contribution in [1.82, 2.24) is 21.3 Å². The molecule has 0 saturated heterocycles. The molecule has 2 rings (SSSR count). The van der Waals surface area contributed by atoms with E-state index in [2.05, 4.69) is 21.3 Å². The molecule has 0 heterocycles.